The first-order valence-electron chi connectivity index (χ1n) is 6.01. The summed E-state index contributed by atoms with van der Waals surface area (Å²) >= 11 is 3.12. The first-order valence-corrected chi connectivity index (χ1v) is 6.81. The van der Waals surface area contributed by atoms with Crippen molar-refractivity contribution >= 4 is 15.9 Å². The first-order chi connectivity index (χ1) is 9.11. The van der Waals surface area contributed by atoms with Crippen molar-refractivity contribution in [3.05, 3.63) is 58.3 Å². The highest BCUT2D eigenvalue weighted by Gasteiger charge is 2.12. The van der Waals surface area contributed by atoms with E-state index in [4.69, 9.17) is 4.74 Å². The molecule has 19 heavy (non-hydrogen) atoms. The minimum Gasteiger partial charge on any atom is -0.457 e. The Hall–Kier alpha value is -1.39. The summed E-state index contributed by atoms with van der Waals surface area (Å²) in [6, 6.07) is 11.7. The quantitative estimate of drug-likeness (QED) is 0.873. The predicted octanol–water partition coefficient (Wildman–Crippen LogP) is 4.82. The van der Waals surface area contributed by atoms with E-state index in [9.17, 15) is 9.50 Å². The summed E-state index contributed by atoms with van der Waals surface area (Å²) in [7, 11) is 0. The van der Waals surface area contributed by atoms with Gasteiger partial charge in [0.2, 0.25) is 0 Å². The number of hydrogen-bond acceptors (Lipinski definition) is 2. The van der Waals surface area contributed by atoms with E-state index in [1.807, 2.05) is 25.1 Å². The lowest BCUT2D eigenvalue weighted by atomic mass is 10.1. The third-order valence-electron chi connectivity index (χ3n) is 2.78. The van der Waals surface area contributed by atoms with Crippen LogP contribution >= 0.6 is 15.9 Å². The van der Waals surface area contributed by atoms with Crippen LogP contribution in [0.1, 0.15) is 25.0 Å². The molecule has 2 nitrogen and oxygen atoms in total. The molecule has 0 aromatic heterocycles. The Labute approximate surface area is 120 Å². The second-order valence-corrected chi connectivity index (χ2v) is 4.99. The van der Waals surface area contributed by atoms with E-state index >= 15 is 0 Å². The summed E-state index contributed by atoms with van der Waals surface area (Å²) in [6.45, 7) is 1.90. The molecule has 0 aliphatic carbocycles. The van der Waals surface area contributed by atoms with Gasteiger partial charge in [-0.1, -0.05) is 25.1 Å². The minimum atomic E-state index is -0.569. The van der Waals surface area contributed by atoms with Crippen molar-refractivity contribution in [1.29, 1.82) is 0 Å². The highest BCUT2D eigenvalue weighted by molar-refractivity contribution is 9.10. The fourth-order valence-electron chi connectivity index (χ4n) is 1.74. The van der Waals surface area contributed by atoms with Gasteiger partial charge in [0.1, 0.15) is 17.3 Å². The molecule has 100 valence electrons. The molecule has 1 N–H and O–H groups in total. The third-order valence-corrected chi connectivity index (χ3v) is 3.39. The summed E-state index contributed by atoms with van der Waals surface area (Å²) in [5, 5.41) is 9.94. The van der Waals surface area contributed by atoms with Gasteiger partial charge in [-0.15, -0.1) is 0 Å². The maximum atomic E-state index is 13.2. The Balaban J connectivity index is 2.30. The summed E-state index contributed by atoms with van der Waals surface area (Å²) < 4.78 is 19.2. The fourth-order valence-corrected chi connectivity index (χ4v) is 2.09. The van der Waals surface area contributed by atoms with Crippen molar-refractivity contribution < 1.29 is 14.2 Å². The Morgan fingerprint density at radius 2 is 2.00 bits per heavy atom. The van der Waals surface area contributed by atoms with Gasteiger partial charge in [0.25, 0.3) is 0 Å². The number of para-hydroxylation sites is 1. The molecule has 1 atom stereocenters. The molecule has 0 fully saturated rings. The molecular weight excluding hydrogens is 311 g/mol. The molecule has 0 aliphatic heterocycles. The molecule has 0 saturated heterocycles. The fraction of sp³-hybridized carbons (Fsp3) is 0.200. The molecule has 0 amide bonds. The average molecular weight is 325 g/mol. The zero-order chi connectivity index (χ0) is 13.8. The monoisotopic (exact) mass is 324 g/mol. The van der Waals surface area contributed by atoms with Gasteiger partial charge in [-0.3, -0.25) is 0 Å². The molecule has 0 bridgehead atoms. The van der Waals surface area contributed by atoms with E-state index in [1.54, 1.807) is 18.2 Å². The zero-order valence-electron chi connectivity index (χ0n) is 10.4. The van der Waals surface area contributed by atoms with Crippen molar-refractivity contribution in [2.24, 2.45) is 0 Å². The Morgan fingerprint density at radius 1 is 1.26 bits per heavy atom. The van der Waals surface area contributed by atoms with E-state index in [1.165, 1.54) is 6.07 Å². The topological polar surface area (TPSA) is 29.5 Å². The molecule has 2 rings (SSSR count). The largest absolute Gasteiger partial charge is 0.457 e. The lowest BCUT2D eigenvalue weighted by Crippen LogP contribution is -1.98. The average Bonchev–Trinajstić information content (AvgIpc) is 2.43. The van der Waals surface area contributed by atoms with Crippen molar-refractivity contribution in [3.63, 3.8) is 0 Å². The predicted molar refractivity (Wildman–Crippen MR) is 75.9 cm³/mol. The number of benzene rings is 2. The summed E-state index contributed by atoms with van der Waals surface area (Å²) in [5.74, 6) is 0.758. The van der Waals surface area contributed by atoms with E-state index in [0.29, 0.717) is 22.4 Å². The van der Waals surface area contributed by atoms with Gasteiger partial charge in [-0.25, -0.2) is 4.39 Å². The van der Waals surface area contributed by atoms with E-state index in [0.717, 1.165) is 5.56 Å². The number of aliphatic hydroxyl groups is 1. The summed E-state index contributed by atoms with van der Waals surface area (Å²) in [5.41, 5.74) is 0.727. The minimum absolute atomic E-state index is 0.339. The number of aliphatic hydroxyl groups excluding tert-OH is 1. The van der Waals surface area contributed by atoms with E-state index in [2.05, 4.69) is 15.9 Å². The molecule has 0 heterocycles. The molecule has 0 radical (unpaired) electrons. The Kier molecular flexibility index (Phi) is 4.56. The maximum Gasteiger partial charge on any atom is 0.137 e. The Morgan fingerprint density at radius 3 is 2.68 bits per heavy atom. The van der Waals surface area contributed by atoms with E-state index < -0.39 is 6.10 Å². The van der Waals surface area contributed by atoms with Gasteiger partial charge < -0.3 is 9.84 Å². The number of halogens is 2. The Bertz CT molecular complexity index is 572. The van der Waals surface area contributed by atoms with Crippen molar-refractivity contribution in [2.75, 3.05) is 0 Å². The standard InChI is InChI=1S/C15H14BrFO2/c1-2-14(18)11-5-3-4-6-15(11)19-10-7-8-13(17)12(16)9-10/h3-9,14,18H,2H2,1H3. The molecule has 2 aromatic rings. The maximum absolute atomic E-state index is 13.2. The van der Waals surface area contributed by atoms with Crippen LogP contribution in [-0.2, 0) is 0 Å². The van der Waals surface area contributed by atoms with Crippen LogP contribution in [0.5, 0.6) is 11.5 Å². The summed E-state index contributed by atoms with van der Waals surface area (Å²) in [6.07, 6.45) is 0.0353. The van der Waals surface area contributed by atoms with Crippen LogP contribution in [0.25, 0.3) is 0 Å². The molecule has 1 unspecified atom stereocenters. The normalized spacial score (nSPS) is 12.2. The van der Waals surface area contributed by atoms with Crippen LogP contribution in [0, 0.1) is 5.82 Å². The SMILES string of the molecule is CCC(O)c1ccccc1Oc1ccc(F)c(Br)c1. The highest BCUT2D eigenvalue weighted by atomic mass is 79.9. The second kappa shape index (κ2) is 6.17. The molecule has 0 saturated carbocycles. The van der Waals surface area contributed by atoms with Crippen molar-refractivity contribution in [2.45, 2.75) is 19.4 Å². The van der Waals surface area contributed by atoms with Gasteiger partial charge in [0.15, 0.2) is 0 Å². The van der Waals surface area contributed by atoms with Crippen LogP contribution in [0.2, 0.25) is 0 Å². The van der Waals surface area contributed by atoms with Gasteiger partial charge >= 0.3 is 0 Å². The molecule has 4 heteroatoms. The second-order valence-electron chi connectivity index (χ2n) is 4.14. The third kappa shape index (κ3) is 3.33. The van der Waals surface area contributed by atoms with Crippen LogP contribution in [0.15, 0.2) is 46.9 Å². The van der Waals surface area contributed by atoms with Gasteiger partial charge in [0, 0.05) is 5.56 Å². The lowest BCUT2D eigenvalue weighted by Gasteiger charge is -2.14. The number of hydrogen-bond donors (Lipinski definition) is 1. The van der Waals surface area contributed by atoms with Gasteiger partial charge in [0.05, 0.1) is 10.6 Å². The van der Waals surface area contributed by atoms with Crippen LogP contribution in [-0.4, -0.2) is 5.11 Å². The van der Waals surface area contributed by atoms with Crippen LogP contribution < -0.4 is 4.74 Å². The van der Waals surface area contributed by atoms with Gasteiger partial charge in [-0.05, 0) is 46.6 Å². The summed E-state index contributed by atoms with van der Waals surface area (Å²) in [4.78, 5) is 0. The van der Waals surface area contributed by atoms with Gasteiger partial charge in [-0.2, -0.15) is 0 Å². The molecule has 0 aliphatic rings. The number of ether oxygens (including phenoxy) is 1. The molecule has 2 aromatic carbocycles. The first kappa shape index (κ1) is 14.0. The number of rotatable bonds is 4. The lowest BCUT2D eigenvalue weighted by molar-refractivity contribution is 0.170. The molecular formula is C15H14BrFO2. The van der Waals surface area contributed by atoms with Crippen LogP contribution in [0.3, 0.4) is 0 Å². The smallest absolute Gasteiger partial charge is 0.137 e. The van der Waals surface area contributed by atoms with Crippen molar-refractivity contribution in [1.82, 2.24) is 0 Å². The van der Waals surface area contributed by atoms with Crippen molar-refractivity contribution in [3.8, 4) is 11.5 Å². The van der Waals surface area contributed by atoms with E-state index in [-0.39, 0.29) is 5.82 Å². The highest BCUT2D eigenvalue weighted by Crippen LogP contribution is 2.32. The zero-order valence-corrected chi connectivity index (χ0v) is 12.0. The molecule has 0 spiro atoms. The van der Waals surface area contributed by atoms with Crippen LogP contribution in [0.4, 0.5) is 4.39 Å².